The van der Waals surface area contributed by atoms with Crippen LogP contribution in [0.5, 0.6) is 11.5 Å². The van der Waals surface area contributed by atoms with Crippen molar-refractivity contribution >= 4 is 0 Å². The molecule has 118 valence electrons. The van der Waals surface area contributed by atoms with Gasteiger partial charge in [0.2, 0.25) is 0 Å². The molecule has 0 heterocycles. The summed E-state index contributed by atoms with van der Waals surface area (Å²) >= 11 is 0. The van der Waals surface area contributed by atoms with Crippen molar-refractivity contribution in [1.82, 2.24) is 5.32 Å². The Hall–Kier alpha value is -1.48. The fourth-order valence-electron chi connectivity index (χ4n) is 1.96. The Balaban J connectivity index is 2.78. The SMILES string of the molecule is C=C(C)CCOc1c(CNCC(C)C)cccc1OCC. The fraction of sp³-hybridized carbons (Fsp3) is 0.556. The molecule has 0 radical (unpaired) electrons. The van der Waals surface area contributed by atoms with Crippen molar-refractivity contribution in [1.29, 1.82) is 0 Å². The van der Waals surface area contributed by atoms with E-state index in [4.69, 9.17) is 9.47 Å². The molecule has 3 nitrogen and oxygen atoms in total. The minimum atomic E-state index is 0.632. The summed E-state index contributed by atoms with van der Waals surface area (Å²) < 4.78 is 11.7. The van der Waals surface area contributed by atoms with Crippen molar-refractivity contribution in [3.05, 3.63) is 35.9 Å². The smallest absolute Gasteiger partial charge is 0.165 e. The van der Waals surface area contributed by atoms with Gasteiger partial charge < -0.3 is 14.8 Å². The third-order valence-corrected chi connectivity index (χ3v) is 3.00. The molecular formula is C18H29NO2. The van der Waals surface area contributed by atoms with Crippen LogP contribution >= 0.6 is 0 Å². The molecule has 1 aromatic rings. The molecule has 1 rings (SSSR count). The van der Waals surface area contributed by atoms with Crippen molar-refractivity contribution in [2.75, 3.05) is 19.8 Å². The number of nitrogens with one attached hydrogen (secondary N) is 1. The second-order valence-corrected chi connectivity index (χ2v) is 5.76. The summed E-state index contributed by atoms with van der Waals surface area (Å²) in [6.07, 6.45) is 0.860. The number of hydrogen-bond donors (Lipinski definition) is 1. The fourth-order valence-corrected chi connectivity index (χ4v) is 1.96. The van der Waals surface area contributed by atoms with Crippen LogP contribution in [0.3, 0.4) is 0 Å². The Bertz CT molecular complexity index is 441. The van der Waals surface area contributed by atoms with Crippen LogP contribution in [0, 0.1) is 5.92 Å². The first kappa shape index (κ1) is 17.6. The standard InChI is InChI=1S/C18H29NO2/c1-6-20-17-9-7-8-16(13-19-12-15(4)5)18(17)21-11-10-14(2)3/h7-9,15,19H,2,6,10-13H2,1,3-5H3. The summed E-state index contributed by atoms with van der Waals surface area (Å²) in [7, 11) is 0. The van der Waals surface area contributed by atoms with Gasteiger partial charge in [0.05, 0.1) is 13.2 Å². The number of hydrogen-bond acceptors (Lipinski definition) is 3. The van der Waals surface area contributed by atoms with Crippen molar-refractivity contribution in [3.8, 4) is 11.5 Å². The monoisotopic (exact) mass is 291 g/mol. The predicted octanol–water partition coefficient (Wildman–Crippen LogP) is 4.18. The molecule has 1 N–H and O–H groups in total. The van der Waals surface area contributed by atoms with Gasteiger partial charge in [-0.25, -0.2) is 0 Å². The Kier molecular flexibility index (Phi) is 7.91. The van der Waals surface area contributed by atoms with Crippen LogP contribution < -0.4 is 14.8 Å². The molecule has 3 heteroatoms. The summed E-state index contributed by atoms with van der Waals surface area (Å²) in [5.74, 6) is 2.31. The summed E-state index contributed by atoms with van der Waals surface area (Å²) in [6.45, 7) is 15.4. The van der Waals surface area contributed by atoms with Crippen molar-refractivity contribution < 1.29 is 9.47 Å². The molecular weight excluding hydrogens is 262 g/mol. The molecule has 0 aliphatic carbocycles. The normalized spacial score (nSPS) is 10.7. The lowest BCUT2D eigenvalue weighted by Gasteiger charge is -2.17. The van der Waals surface area contributed by atoms with Gasteiger partial charge in [-0.1, -0.05) is 31.6 Å². The van der Waals surface area contributed by atoms with Gasteiger partial charge in [0.25, 0.3) is 0 Å². The van der Waals surface area contributed by atoms with Gasteiger partial charge in [0.1, 0.15) is 0 Å². The second kappa shape index (κ2) is 9.46. The first-order valence-electron chi connectivity index (χ1n) is 7.77. The van der Waals surface area contributed by atoms with Gasteiger partial charge in [-0.3, -0.25) is 0 Å². The number of para-hydroxylation sites is 1. The van der Waals surface area contributed by atoms with E-state index in [-0.39, 0.29) is 0 Å². The van der Waals surface area contributed by atoms with E-state index < -0.39 is 0 Å². The third kappa shape index (κ3) is 6.67. The summed E-state index contributed by atoms with van der Waals surface area (Å²) in [4.78, 5) is 0. The highest BCUT2D eigenvalue weighted by atomic mass is 16.5. The quantitative estimate of drug-likeness (QED) is 0.656. The molecule has 0 saturated heterocycles. The highest BCUT2D eigenvalue weighted by molar-refractivity contribution is 5.46. The zero-order valence-corrected chi connectivity index (χ0v) is 13.9. The predicted molar refractivity (Wildman–Crippen MR) is 89.1 cm³/mol. The van der Waals surface area contributed by atoms with Gasteiger partial charge in [0.15, 0.2) is 11.5 Å². The lowest BCUT2D eigenvalue weighted by Crippen LogP contribution is -2.19. The Labute approximate surface area is 129 Å². The van der Waals surface area contributed by atoms with Crippen molar-refractivity contribution in [2.45, 2.75) is 40.7 Å². The molecule has 0 saturated carbocycles. The Morgan fingerprint density at radius 3 is 2.67 bits per heavy atom. The zero-order chi connectivity index (χ0) is 15.7. The van der Waals surface area contributed by atoms with E-state index in [1.807, 2.05) is 26.0 Å². The van der Waals surface area contributed by atoms with Gasteiger partial charge in [-0.05, 0) is 32.4 Å². The van der Waals surface area contributed by atoms with Crippen LogP contribution in [-0.2, 0) is 6.54 Å². The minimum Gasteiger partial charge on any atom is -0.490 e. The first-order chi connectivity index (χ1) is 10.0. The Morgan fingerprint density at radius 1 is 1.29 bits per heavy atom. The maximum Gasteiger partial charge on any atom is 0.165 e. The first-order valence-corrected chi connectivity index (χ1v) is 7.77. The molecule has 21 heavy (non-hydrogen) atoms. The minimum absolute atomic E-state index is 0.632. The number of rotatable bonds is 10. The molecule has 0 fully saturated rings. The van der Waals surface area contributed by atoms with E-state index in [0.717, 1.165) is 42.1 Å². The van der Waals surface area contributed by atoms with E-state index in [0.29, 0.717) is 19.1 Å². The molecule has 0 atom stereocenters. The molecule has 0 aromatic heterocycles. The zero-order valence-electron chi connectivity index (χ0n) is 13.9. The van der Waals surface area contributed by atoms with Crippen molar-refractivity contribution in [3.63, 3.8) is 0 Å². The average Bonchev–Trinajstić information content (AvgIpc) is 2.41. The van der Waals surface area contributed by atoms with Crippen LogP contribution in [0.25, 0.3) is 0 Å². The van der Waals surface area contributed by atoms with E-state index in [1.54, 1.807) is 0 Å². The maximum atomic E-state index is 5.96. The maximum absolute atomic E-state index is 5.96. The van der Waals surface area contributed by atoms with Gasteiger partial charge >= 0.3 is 0 Å². The summed E-state index contributed by atoms with van der Waals surface area (Å²) in [6, 6.07) is 6.07. The molecule has 0 bridgehead atoms. The highest BCUT2D eigenvalue weighted by Gasteiger charge is 2.11. The second-order valence-electron chi connectivity index (χ2n) is 5.76. The lowest BCUT2D eigenvalue weighted by molar-refractivity contribution is 0.276. The van der Waals surface area contributed by atoms with Crippen LogP contribution in [0.4, 0.5) is 0 Å². The molecule has 0 spiro atoms. The van der Waals surface area contributed by atoms with E-state index in [1.165, 1.54) is 0 Å². The van der Waals surface area contributed by atoms with Crippen molar-refractivity contribution in [2.24, 2.45) is 5.92 Å². The molecule has 0 aliphatic heterocycles. The van der Waals surface area contributed by atoms with Gasteiger partial charge in [0, 0.05) is 18.5 Å². The average molecular weight is 291 g/mol. The lowest BCUT2D eigenvalue weighted by atomic mass is 10.1. The number of benzene rings is 1. The van der Waals surface area contributed by atoms with Crippen LogP contribution in [0.15, 0.2) is 30.4 Å². The van der Waals surface area contributed by atoms with Gasteiger partial charge in [-0.2, -0.15) is 0 Å². The van der Waals surface area contributed by atoms with E-state index in [9.17, 15) is 0 Å². The molecule has 0 amide bonds. The molecule has 1 aromatic carbocycles. The third-order valence-electron chi connectivity index (χ3n) is 3.00. The van der Waals surface area contributed by atoms with Gasteiger partial charge in [-0.15, -0.1) is 6.58 Å². The molecule has 0 aliphatic rings. The van der Waals surface area contributed by atoms with E-state index >= 15 is 0 Å². The van der Waals surface area contributed by atoms with Crippen LogP contribution in [0.2, 0.25) is 0 Å². The Morgan fingerprint density at radius 2 is 2.05 bits per heavy atom. The summed E-state index contributed by atoms with van der Waals surface area (Å²) in [5, 5.41) is 3.46. The van der Waals surface area contributed by atoms with Crippen LogP contribution in [-0.4, -0.2) is 19.8 Å². The topological polar surface area (TPSA) is 30.5 Å². The highest BCUT2D eigenvalue weighted by Crippen LogP contribution is 2.31. The molecule has 0 unspecified atom stereocenters. The number of ether oxygens (including phenoxy) is 2. The van der Waals surface area contributed by atoms with E-state index in [2.05, 4.69) is 31.8 Å². The largest absolute Gasteiger partial charge is 0.490 e. The van der Waals surface area contributed by atoms with Crippen LogP contribution in [0.1, 0.15) is 39.7 Å². The summed E-state index contributed by atoms with van der Waals surface area (Å²) in [5.41, 5.74) is 2.27.